The molecule has 0 saturated heterocycles. The molecule has 0 bridgehead atoms. The maximum atomic E-state index is 12.6. The van der Waals surface area contributed by atoms with Gasteiger partial charge in [-0.05, 0) is 55.0 Å². The number of amides is 1. The first-order chi connectivity index (χ1) is 11.9. The van der Waals surface area contributed by atoms with Gasteiger partial charge in [0, 0.05) is 24.2 Å². The van der Waals surface area contributed by atoms with E-state index in [9.17, 15) is 13.2 Å². The Morgan fingerprint density at radius 1 is 1.08 bits per heavy atom. The summed E-state index contributed by atoms with van der Waals surface area (Å²) in [5.41, 5.74) is 0.970. The molecule has 0 saturated carbocycles. The van der Waals surface area contributed by atoms with Gasteiger partial charge in [0.25, 0.3) is 15.9 Å². The topological polar surface area (TPSA) is 66.5 Å². The Balaban J connectivity index is 2.15. The van der Waals surface area contributed by atoms with E-state index in [0.29, 0.717) is 22.8 Å². The molecule has 2 aromatic carbocycles. The van der Waals surface area contributed by atoms with Crippen LogP contribution < -0.4 is 9.62 Å². The minimum Gasteiger partial charge on any atom is -0.352 e. The summed E-state index contributed by atoms with van der Waals surface area (Å²) in [6, 6.07) is 12.4. The first-order valence-electron chi connectivity index (χ1n) is 7.99. The van der Waals surface area contributed by atoms with Crippen LogP contribution in [0.15, 0.2) is 53.4 Å². The zero-order chi connectivity index (χ0) is 18.4. The van der Waals surface area contributed by atoms with Crippen molar-refractivity contribution in [3.63, 3.8) is 0 Å². The number of sulfonamides is 1. The van der Waals surface area contributed by atoms with Gasteiger partial charge in [0.1, 0.15) is 0 Å². The van der Waals surface area contributed by atoms with Crippen molar-refractivity contribution in [3.05, 3.63) is 59.1 Å². The lowest BCUT2D eigenvalue weighted by Gasteiger charge is -2.19. The number of nitrogens with zero attached hydrogens (tertiary/aromatic N) is 1. The van der Waals surface area contributed by atoms with Crippen molar-refractivity contribution in [2.45, 2.75) is 24.7 Å². The Morgan fingerprint density at radius 2 is 1.68 bits per heavy atom. The maximum Gasteiger partial charge on any atom is 0.264 e. The molecule has 2 aromatic rings. The van der Waals surface area contributed by atoms with Crippen LogP contribution in [0.2, 0.25) is 5.02 Å². The third-order valence-corrected chi connectivity index (χ3v) is 5.83. The molecule has 1 N–H and O–H groups in total. The fraction of sp³-hybridized carbons (Fsp3) is 0.278. The van der Waals surface area contributed by atoms with E-state index in [4.69, 9.17) is 11.6 Å². The summed E-state index contributed by atoms with van der Waals surface area (Å²) >= 11 is 5.80. The fourth-order valence-electron chi connectivity index (χ4n) is 2.21. The normalized spacial score (nSPS) is 11.2. The van der Waals surface area contributed by atoms with Crippen molar-refractivity contribution in [1.29, 1.82) is 0 Å². The average Bonchev–Trinajstić information content (AvgIpc) is 2.61. The molecule has 0 aliphatic heterocycles. The first-order valence-corrected chi connectivity index (χ1v) is 9.81. The molecule has 0 atom stereocenters. The largest absolute Gasteiger partial charge is 0.352 e. The zero-order valence-electron chi connectivity index (χ0n) is 14.2. The number of anilines is 1. The highest BCUT2D eigenvalue weighted by Gasteiger charge is 2.21. The first kappa shape index (κ1) is 19.3. The molecule has 134 valence electrons. The van der Waals surface area contributed by atoms with E-state index in [2.05, 4.69) is 12.2 Å². The van der Waals surface area contributed by atoms with Gasteiger partial charge in [-0.25, -0.2) is 8.42 Å². The van der Waals surface area contributed by atoms with E-state index in [1.165, 1.54) is 35.6 Å². The number of halogens is 1. The summed E-state index contributed by atoms with van der Waals surface area (Å²) in [5, 5.41) is 3.30. The van der Waals surface area contributed by atoms with Gasteiger partial charge in [-0.1, -0.05) is 24.9 Å². The summed E-state index contributed by atoms with van der Waals surface area (Å²) in [6.45, 7) is 2.68. The predicted octanol–water partition coefficient (Wildman–Crippen LogP) is 3.70. The lowest BCUT2D eigenvalue weighted by atomic mass is 10.2. The number of hydrogen-bond donors (Lipinski definition) is 1. The number of hydrogen-bond acceptors (Lipinski definition) is 3. The highest BCUT2D eigenvalue weighted by Crippen LogP contribution is 2.23. The second-order valence-electron chi connectivity index (χ2n) is 5.58. The highest BCUT2D eigenvalue weighted by molar-refractivity contribution is 7.92. The van der Waals surface area contributed by atoms with E-state index in [-0.39, 0.29) is 10.8 Å². The molecule has 0 heterocycles. The number of rotatable bonds is 7. The summed E-state index contributed by atoms with van der Waals surface area (Å²) < 4.78 is 26.5. The van der Waals surface area contributed by atoms with Gasteiger partial charge >= 0.3 is 0 Å². The van der Waals surface area contributed by atoms with Crippen molar-refractivity contribution >= 4 is 33.2 Å². The zero-order valence-corrected chi connectivity index (χ0v) is 15.8. The molecule has 5 nitrogen and oxygen atoms in total. The molecule has 0 aliphatic carbocycles. The highest BCUT2D eigenvalue weighted by atomic mass is 35.5. The smallest absolute Gasteiger partial charge is 0.264 e. The Morgan fingerprint density at radius 3 is 2.24 bits per heavy atom. The minimum absolute atomic E-state index is 0.154. The number of carbonyl (C=O) groups excluding carboxylic acids is 1. The minimum atomic E-state index is -3.69. The molecule has 0 fully saturated rings. The van der Waals surface area contributed by atoms with Gasteiger partial charge in [-0.3, -0.25) is 9.10 Å². The van der Waals surface area contributed by atoms with Gasteiger partial charge in [0.2, 0.25) is 0 Å². The second-order valence-corrected chi connectivity index (χ2v) is 7.99. The summed E-state index contributed by atoms with van der Waals surface area (Å²) in [6.07, 6.45) is 1.93. The van der Waals surface area contributed by atoms with Crippen molar-refractivity contribution < 1.29 is 13.2 Å². The fourth-order valence-corrected chi connectivity index (χ4v) is 3.53. The number of unbranched alkanes of at least 4 members (excludes halogenated alkanes) is 1. The molecular formula is C18H21ClN2O3S. The van der Waals surface area contributed by atoms with Crippen LogP contribution in [0.5, 0.6) is 0 Å². The van der Waals surface area contributed by atoms with Crippen molar-refractivity contribution in [3.8, 4) is 0 Å². The summed E-state index contributed by atoms with van der Waals surface area (Å²) in [4.78, 5) is 12.1. The van der Waals surface area contributed by atoms with Crippen molar-refractivity contribution in [1.82, 2.24) is 5.32 Å². The summed E-state index contributed by atoms with van der Waals surface area (Å²) in [7, 11) is -2.21. The Kier molecular flexibility index (Phi) is 6.45. The lowest BCUT2D eigenvalue weighted by Crippen LogP contribution is -2.27. The number of benzene rings is 2. The molecule has 2 rings (SSSR count). The molecule has 0 radical (unpaired) electrons. The quantitative estimate of drug-likeness (QED) is 0.745. The number of nitrogens with one attached hydrogen (secondary N) is 1. The Labute approximate surface area is 153 Å². The Bertz CT molecular complexity index is 818. The van der Waals surface area contributed by atoms with Gasteiger partial charge in [-0.15, -0.1) is 0 Å². The van der Waals surface area contributed by atoms with E-state index in [1.54, 1.807) is 24.3 Å². The molecule has 25 heavy (non-hydrogen) atoms. The monoisotopic (exact) mass is 380 g/mol. The SMILES string of the molecule is CCCCNC(=O)c1ccc(N(C)S(=O)(=O)c2ccc(Cl)cc2)cc1. The van der Waals surface area contributed by atoms with Crippen LogP contribution >= 0.6 is 11.6 Å². The van der Waals surface area contributed by atoms with Gasteiger partial charge in [-0.2, -0.15) is 0 Å². The molecule has 0 unspecified atom stereocenters. The lowest BCUT2D eigenvalue weighted by molar-refractivity contribution is 0.0953. The van der Waals surface area contributed by atoms with E-state index < -0.39 is 10.0 Å². The van der Waals surface area contributed by atoms with Crippen LogP contribution in [0, 0.1) is 0 Å². The van der Waals surface area contributed by atoms with Crippen LogP contribution in [0.3, 0.4) is 0 Å². The predicted molar refractivity (Wildman–Crippen MR) is 101 cm³/mol. The van der Waals surface area contributed by atoms with E-state index >= 15 is 0 Å². The van der Waals surface area contributed by atoms with Gasteiger partial charge < -0.3 is 5.32 Å². The second kappa shape index (κ2) is 8.36. The van der Waals surface area contributed by atoms with E-state index in [1.807, 2.05) is 0 Å². The summed E-state index contributed by atoms with van der Waals surface area (Å²) in [5.74, 6) is -0.164. The van der Waals surface area contributed by atoms with Crippen LogP contribution in [0.4, 0.5) is 5.69 Å². The van der Waals surface area contributed by atoms with Crippen LogP contribution in [0.25, 0.3) is 0 Å². The Hall–Kier alpha value is -2.05. The van der Waals surface area contributed by atoms with Crippen LogP contribution in [-0.4, -0.2) is 27.9 Å². The molecule has 0 aromatic heterocycles. The third kappa shape index (κ3) is 4.74. The third-order valence-electron chi connectivity index (χ3n) is 3.78. The maximum absolute atomic E-state index is 12.6. The number of carbonyl (C=O) groups is 1. The van der Waals surface area contributed by atoms with Gasteiger partial charge in [0.05, 0.1) is 10.6 Å². The molecule has 1 amide bonds. The molecular weight excluding hydrogens is 360 g/mol. The van der Waals surface area contributed by atoms with Crippen LogP contribution in [-0.2, 0) is 10.0 Å². The van der Waals surface area contributed by atoms with Crippen molar-refractivity contribution in [2.24, 2.45) is 0 Å². The standard InChI is InChI=1S/C18H21ClN2O3S/c1-3-4-13-20-18(22)14-5-9-16(10-6-14)21(2)25(23,24)17-11-7-15(19)8-12-17/h5-12H,3-4,13H2,1-2H3,(H,20,22). The molecule has 0 spiro atoms. The molecule has 7 heteroatoms. The van der Waals surface area contributed by atoms with Crippen molar-refractivity contribution in [2.75, 3.05) is 17.9 Å². The average molecular weight is 381 g/mol. The van der Waals surface area contributed by atoms with Crippen LogP contribution in [0.1, 0.15) is 30.1 Å². The molecule has 0 aliphatic rings. The van der Waals surface area contributed by atoms with Gasteiger partial charge in [0.15, 0.2) is 0 Å². The van der Waals surface area contributed by atoms with E-state index in [0.717, 1.165) is 12.8 Å².